The second-order valence-corrected chi connectivity index (χ2v) is 8.85. The van der Waals surface area contributed by atoms with Gasteiger partial charge in [0.25, 0.3) is 0 Å². The smallest absolute Gasteiger partial charge is 0.399 e. The van der Waals surface area contributed by atoms with Gasteiger partial charge in [-0.3, -0.25) is 0 Å². The molecule has 174 valence electrons. The van der Waals surface area contributed by atoms with Crippen LogP contribution in [0.15, 0.2) is 97.1 Å². The topological polar surface area (TPSA) is 52.0 Å². The van der Waals surface area contributed by atoms with Gasteiger partial charge >= 0.3 is 6.18 Å². The van der Waals surface area contributed by atoms with Crippen LogP contribution in [0.3, 0.4) is 0 Å². The van der Waals surface area contributed by atoms with Crippen molar-refractivity contribution in [2.45, 2.75) is 31.4 Å². The summed E-state index contributed by atoms with van der Waals surface area (Å²) >= 11 is 0. The Morgan fingerprint density at radius 3 is 1.03 bits per heavy atom. The SMILES string of the molecule is CC(c1ccc(Cc2ccc(N)cc2)cc1)(c1ccc(Cc2ccc(N)cc2)cc1)C(F)(F)F. The van der Waals surface area contributed by atoms with Crippen molar-refractivity contribution >= 4 is 11.4 Å². The first kappa shape index (κ1) is 23.4. The summed E-state index contributed by atoms with van der Waals surface area (Å²) in [5, 5.41) is 0. The summed E-state index contributed by atoms with van der Waals surface area (Å²) in [6, 6.07) is 28.4. The van der Waals surface area contributed by atoms with E-state index in [4.69, 9.17) is 11.5 Å². The third-order valence-electron chi connectivity index (χ3n) is 6.41. The highest BCUT2D eigenvalue weighted by molar-refractivity contribution is 5.45. The normalized spacial score (nSPS) is 12.0. The van der Waals surface area contributed by atoms with Gasteiger partial charge in [0.1, 0.15) is 5.41 Å². The average Bonchev–Trinajstić information content (AvgIpc) is 2.82. The summed E-state index contributed by atoms with van der Waals surface area (Å²) in [5.74, 6) is 0. The van der Waals surface area contributed by atoms with Crippen molar-refractivity contribution in [2.75, 3.05) is 11.5 Å². The zero-order valence-corrected chi connectivity index (χ0v) is 18.9. The molecule has 4 N–H and O–H groups in total. The second-order valence-electron chi connectivity index (χ2n) is 8.85. The first-order valence-electron chi connectivity index (χ1n) is 11.1. The Morgan fingerprint density at radius 1 is 0.500 bits per heavy atom. The van der Waals surface area contributed by atoms with Gasteiger partial charge in [-0.25, -0.2) is 0 Å². The van der Waals surface area contributed by atoms with E-state index in [9.17, 15) is 13.2 Å². The minimum Gasteiger partial charge on any atom is -0.399 e. The number of nitrogens with two attached hydrogens (primary N) is 2. The summed E-state index contributed by atoms with van der Waals surface area (Å²) < 4.78 is 43.3. The second kappa shape index (κ2) is 9.26. The minimum absolute atomic E-state index is 0.215. The van der Waals surface area contributed by atoms with Crippen LogP contribution in [0.4, 0.5) is 24.5 Å². The third kappa shape index (κ3) is 4.93. The molecule has 0 amide bonds. The maximum absolute atomic E-state index is 14.4. The number of rotatable bonds is 6. The van der Waals surface area contributed by atoms with Crippen molar-refractivity contribution in [2.24, 2.45) is 0 Å². The summed E-state index contributed by atoms with van der Waals surface area (Å²) in [4.78, 5) is 0. The molecule has 0 saturated carbocycles. The number of nitrogen functional groups attached to an aromatic ring is 2. The van der Waals surface area contributed by atoms with E-state index in [1.54, 1.807) is 48.5 Å². The molecule has 0 aliphatic carbocycles. The van der Waals surface area contributed by atoms with E-state index in [1.807, 2.05) is 48.5 Å². The van der Waals surface area contributed by atoms with Crippen molar-refractivity contribution in [3.8, 4) is 0 Å². The van der Waals surface area contributed by atoms with Crippen molar-refractivity contribution < 1.29 is 13.2 Å². The van der Waals surface area contributed by atoms with Crippen LogP contribution >= 0.6 is 0 Å². The van der Waals surface area contributed by atoms with Crippen LogP contribution in [0.2, 0.25) is 0 Å². The summed E-state index contributed by atoms with van der Waals surface area (Å²) in [7, 11) is 0. The molecular formula is C29H27F3N2. The molecule has 4 aromatic rings. The molecular weight excluding hydrogens is 433 g/mol. The van der Waals surface area contributed by atoms with Crippen LogP contribution < -0.4 is 11.5 Å². The van der Waals surface area contributed by atoms with E-state index in [0.717, 1.165) is 22.3 Å². The molecule has 0 heterocycles. The number of alkyl halides is 3. The molecule has 0 unspecified atom stereocenters. The van der Waals surface area contributed by atoms with E-state index in [2.05, 4.69) is 0 Å². The lowest BCUT2D eigenvalue weighted by Gasteiger charge is -2.33. The largest absolute Gasteiger partial charge is 0.402 e. The van der Waals surface area contributed by atoms with Crippen LogP contribution in [-0.4, -0.2) is 6.18 Å². The summed E-state index contributed by atoms with van der Waals surface area (Å²) in [6.07, 6.45) is -3.20. The molecule has 0 saturated heterocycles. The number of anilines is 2. The van der Waals surface area contributed by atoms with Gasteiger partial charge in [0.05, 0.1) is 0 Å². The Labute approximate surface area is 198 Å². The lowest BCUT2D eigenvalue weighted by Crippen LogP contribution is -2.40. The van der Waals surface area contributed by atoms with Gasteiger partial charge in [-0.15, -0.1) is 0 Å². The van der Waals surface area contributed by atoms with Crippen molar-refractivity contribution in [3.63, 3.8) is 0 Å². The van der Waals surface area contributed by atoms with Crippen LogP contribution in [0.1, 0.15) is 40.3 Å². The van der Waals surface area contributed by atoms with E-state index in [1.165, 1.54) is 6.92 Å². The molecule has 2 nitrogen and oxygen atoms in total. The minimum atomic E-state index is -4.45. The first-order chi connectivity index (χ1) is 16.1. The fourth-order valence-electron chi connectivity index (χ4n) is 4.15. The maximum atomic E-state index is 14.4. The van der Waals surface area contributed by atoms with Crippen LogP contribution in [0, 0.1) is 0 Å². The molecule has 5 heteroatoms. The predicted molar refractivity (Wildman–Crippen MR) is 133 cm³/mol. The van der Waals surface area contributed by atoms with Gasteiger partial charge in [0.15, 0.2) is 0 Å². The van der Waals surface area contributed by atoms with Gasteiger partial charge in [0, 0.05) is 11.4 Å². The Bertz CT molecular complexity index is 1130. The van der Waals surface area contributed by atoms with E-state index >= 15 is 0 Å². The third-order valence-corrected chi connectivity index (χ3v) is 6.41. The molecule has 4 aromatic carbocycles. The fraction of sp³-hybridized carbons (Fsp3) is 0.172. The van der Waals surface area contributed by atoms with Gasteiger partial charge in [-0.05, 0) is 77.4 Å². The number of hydrogen-bond acceptors (Lipinski definition) is 2. The van der Waals surface area contributed by atoms with Crippen molar-refractivity contribution in [1.82, 2.24) is 0 Å². The zero-order chi connectivity index (χ0) is 24.3. The molecule has 0 atom stereocenters. The van der Waals surface area contributed by atoms with Crippen molar-refractivity contribution in [1.29, 1.82) is 0 Å². The molecule has 0 fully saturated rings. The van der Waals surface area contributed by atoms with Gasteiger partial charge in [0.2, 0.25) is 0 Å². The molecule has 0 bridgehead atoms. The Balaban J connectivity index is 1.58. The quantitative estimate of drug-likeness (QED) is 0.308. The van der Waals surface area contributed by atoms with Gasteiger partial charge in [-0.2, -0.15) is 13.2 Å². The average molecular weight is 461 g/mol. The first-order valence-corrected chi connectivity index (χ1v) is 11.1. The van der Waals surface area contributed by atoms with E-state index in [0.29, 0.717) is 24.2 Å². The highest BCUT2D eigenvalue weighted by Crippen LogP contribution is 2.46. The Morgan fingerprint density at radius 2 is 0.765 bits per heavy atom. The van der Waals surface area contributed by atoms with Crippen LogP contribution in [-0.2, 0) is 18.3 Å². The molecule has 0 aliphatic rings. The number of benzene rings is 4. The lowest BCUT2D eigenvalue weighted by atomic mass is 9.75. The summed E-state index contributed by atoms with van der Waals surface area (Å²) in [6.45, 7) is 1.25. The summed E-state index contributed by atoms with van der Waals surface area (Å²) in [5.41, 5.74) is 15.1. The number of halogens is 3. The standard InChI is InChI=1S/C29H27F3N2/c1-28(29(30,31)32,24-10-2-20(3-11-24)18-22-6-14-26(33)15-7-22)25-12-4-21(5-13-25)19-23-8-16-27(34)17-9-23/h2-17H,18-19,33-34H2,1H3. The number of hydrogen-bond donors (Lipinski definition) is 2. The molecule has 0 spiro atoms. The predicted octanol–water partition coefficient (Wildman–Crippen LogP) is 6.90. The van der Waals surface area contributed by atoms with Gasteiger partial charge < -0.3 is 11.5 Å². The molecule has 0 radical (unpaired) electrons. The van der Waals surface area contributed by atoms with Crippen LogP contribution in [0.5, 0.6) is 0 Å². The Kier molecular flexibility index (Phi) is 6.38. The van der Waals surface area contributed by atoms with Gasteiger partial charge in [-0.1, -0.05) is 72.8 Å². The monoisotopic (exact) mass is 460 g/mol. The van der Waals surface area contributed by atoms with E-state index in [-0.39, 0.29) is 11.1 Å². The molecule has 34 heavy (non-hydrogen) atoms. The molecule has 4 rings (SSSR count). The van der Waals surface area contributed by atoms with E-state index < -0.39 is 11.6 Å². The van der Waals surface area contributed by atoms with Crippen LogP contribution in [0.25, 0.3) is 0 Å². The molecule has 0 aromatic heterocycles. The lowest BCUT2D eigenvalue weighted by molar-refractivity contribution is -0.173. The highest BCUT2D eigenvalue weighted by atomic mass is 19.4. The fourth-order valence-corrected chi connectivity index (χ4v) is 4.15. The Hall–Kier alpha value is -3.73. The highest BCUT2D eigenvalue weighted by Gasteiger charge is 2.53. The zero-order valence-electron chi connectivity index (χ0n) is 18.9. The van der Waals surface area contributed by atoms with Crippen molar-refractivity contribution in [3.05, 3.63) is 130 Å². The molecule has 0 aliphatic heterocycles. The maximum Gasteiger partial charge on any atom is 0.402 e.